The van der Waals surface area contributed by atoms with Crippen molar-refractivity contribution in [1.82, 2.24) is 38.2 Å². The van der Waals surface area contributed by atoms with Crippen molar-refractivity contribution in [1.29, 1.82) is 0 Å². The molecule has 0 spiro atoms. The molecule has 276 valence electrons. The first-order valence-electron chi connectivity index (χ1n) is 15.7. The average molecular weight is 737 g/mol. The maximum atomic E-state index is 11.4. The summed E-state index contributed by atoms with van der Waals surface area (Å²) in [5.41, 5.74) is -0.108. The molecule has 0 atom stereocenters. The lowest BCUT2D eigenvalue weighted by Gasteiger charge is -2.03. The Morgan fingerprint density at radius 3 is 1.24 bits per heavy atom. The topological polar surface area (TPSA) is 260 Å². The van der Waals surface area contributed by atoms with Crippen LogP contribution in [0.1, 0.15) is 20.7 Å². The minimum absolute atomic E-state index is 0.0660. The summed E-state index contributed by atoms with van der Waals surface area (Å²) < 4.78 is 4.74. The van der Waals surface area contributed by atoms with Gasteiger partial charge in [-0.05, 0) is 22.9 Å². The van der Waals surface area contributed by atoms with E-state index in [1.54, 1.807) is 50.5 Å². The zero-order valence-electron chi connectivity index (χ0n) is 29.0. The average Bonchev–Trinajstić information content (AvgIpc) is 3.87. The second-order valence-electron chi connectivity index (χ2n) is 11.6. The summed E-state index contributed by atoms with van der Waals surface area (Å²) in [4.78, 5) is 80.2. The third-order valence-corrected chi connectivity index (χ3v) is 8.32. The van der Waals surface area contributed by atoms with Crippen molar-refractivity contribution in [3.63, 3.8) is 0 Å². The third kappa shape index (κ3) is 7.06. The molecule has 18 heteroatoms. The monoisotopic (exact) mass is 736 g/mol. The van der Waals surface area contributed by atoms with E-state index in [2.05, 4.69) is 19.9 Å². The van der Waals surface area contributed by atoms with Crippen molar-refractivity contribution >= 4 is 55.8 Å². The van der Waals surface area contributed by atoms with E-state index in [0.29, 0.717) is 33.1 Å². The van der Waals surface area contributed by atoms with Gasteiger partial charge >= 0.3 is 23.3 Å². The van der Waals surface area contributed by atoms with Crippen LogP contribution in [0.25, 0.3) is 43.9 Å². The number of carboxylic acid groups (broad SMARTS) is 2. The number of carbonyl (C=O) groups is 2. The number of aromatic amines is 2. The lowest BCUT2D eigenvalue weighted by molar-refractivity contribution is 0.0682. The summed E-state index contributed by atoms with van der Waals surface area (Å²) in [5, 5.41) is 39.6. The zero-order valence-corrected chi connectivity index (χ0v) is 29.0. The molecule has 0 saturated carbocycles. The quantitative estimate of drug-likeness (QED) is 0.150. The lowest BCUT2D eigenvalue weighted by atomic mass is 10.1. The molecule has 0 radical (unpaired) electrons. The molecule has 0 bridgehead atoms. The summed E-state index contributed by atoms with van der Waals surface area (Å²) >= 11 is 0. The number of aryl methyl sites for hydroxylation is 2. The van der Waals surface area contributed by atoms with Crippen LogP contribution in [0.4, 0.5) is 0 Å². The van der Waals surface area contributed by atoms with E-state index in [0.717, 1.165) is 19.9 Å². The first-order valence-corrected chi connectivity index (χ1v) is 15.7. The van der Waals surface area contributed by atoms with Gasteiger partial charge in [-0.1, -0.05) is 60.7 Å². The molecule has 6 N–H and O–H groups in total. The number of imidazole rings is 2. The fourth-order valence-electron chi connectivity index (χ4n) is 5.39. The van der Waals surface area contributed by atoms with Crippen LogP contribution < -0.4 is 22.5 Å². The largest absolute Gasteiger partial charge is 0.506 e. The number of nitrogens with zero attached hydrogens (tertiary/aromatic N) is 6. The Bertz CT molecular complexity index is 2770. The van der Waals surface area contributed by atoms with Gasteiger partial charge in [0.05, 0.1) is 12.7 Å². The number of H-pyrrole nitrogens is 2. The molecule has 8 aromatic rings. The lowest BCUT2D eigenvalue weighted by Crippen LogP contribution is -2.36. The summed E-state index contributed by atoms with van der Waals surface area (Å²) in [6.07, 6.45) is 2.79. The second-order valence-corrected chi connectivity index (χ2v) is 11.6. The summed E-state index contributed by atoms with van der Waals surface area (Å²) in [5.74, 6) is -2.58. The number of hydrogen-bond acceptors (Lipinski definition) is 10. The smallest absolute Gasteiger partial charge is 0.339 e. The first-order chi connectivity index (χ1) is 25.6. The maximum absolute atomic E-state index is 11.4. The van der Waals surface area contributed by atoms with Crippen molar-refractivity contribution in [3.05, 3.63) is 138 Å². The van der Waals surface area contributed by atoms with Gasteiger partial charge < -0.3 is 30.4 Å². The number of hydrogen-bond donors (Lipinski definition) is 6. The number of rotatable bonds is 2. The van der Waals surface area contributed by atoms with Crippen molar-refractivity contribution in [2.24, 2.45) is 28.2 Å². The highest BCUT2D eigenvalue weighted by molar-refractivity contribution is 6.01. The molecule has 0 amide bonds. The highest BCUT2D eigenvalue weighted by Crippen LogP contribution is 2.29. The molecule has 18 nitrogen and oxygen atoms in total. The fraction of sp³-hybridized carbons (Fsp3) is 0.111. The molecule has 4 aromatic heterocycles. The van der Waals surface area contributed by atoms with Crippen molar-refractivity contribution in [2.45, 2.75) is 0 Å². The molecule has 4 aromatic carbocycles. The number of aromatic nitrogens is 8. The number of carboxylic acids is 2. The van der Waals surface area contributed by atoms with Gasteiger partial charge in [0.2, 0.25) is 0 Å². The molecule has 0 unspecified atom stereocenters. The predicted molar refractivity (Wildman–Crippen MR) is 198 cm³/mol. The number of benzene rings is 4. The van der Waals surface area contributed by atoms with Gasteiger partial charge in [-0.15, -0.1) is 0 Å². The second kappa shape index (κ2) is 15.2. The van der Waals surface area contributed by atoms with Gasteiger partial charge in [0.1, 0.15) is 33.7 Å². The summed E-state index contributed by atoms with van der Waals surface area (Å²) in [6.45, 7) is 0. The SMILES string of the molecule is Cn1c(=O)c2[nH]cnc2n(C)c1=O.Cn1c(=O)c2[nH]cnc2n(C)c1=O.O=C(O)c1ccc2ccccc2c1O.O=C(O)c1ccc2ccccc2c1O. The standard InChI is InChI=1S/2C11H8O3.2C7H8N4O2/c2*12-10-8-4-2-1-3-7(8)5-6-9(10)11(13)14;2*1-10-5-4(8-3-9-5)6(12)11(2)7(10)13/h2*1-6,12H,(H,13,14);2*3H,1-2H3,(H,8,9). The van der Waals surface area contributed by atoms with E-state index in [4.69, 9.17) is 10.2 Å². The molecule has 0 aliphatic heterocycles. The summed E-state index contributed by atoms with van der Waals surface area (Å²) in [6, 6.07) is 20.4. The van der Waals surface area contributed by atoms with E-state index in [9.17, 15) is 39.0 Å². The molecule has 8 rings (SSSR count). The Hall–Kier alpha value is -7.76. The van der Waals surface area contributed by atoms with Crippen molar-refractivity contribution in [2.75, 3.05) is 0 Å². The molecule has 0 saturated heterocycles. The Labute approximate surface area is 301 Å². The van der Waals surface area contributed by atoms with Gasteiger partial charge in [-0.3, -0.25) is 27.9 Å². The van der Waals surface area contributed by atoms with E-state index in [-0.39, 0.29) is 45.1 Å². The van der Waals surface area contributed by atoms with Gasteiger partial charge in [-0.2, -0.15) is 0 Å². The van der Waals surface area contributed by atoms with E-state index in [1.807, 2.05) is 24.3 Å². The number of aromatic carboxylic acids is 2. The highest BCUT2D eigenvalue weighted by atomic mass is 16.4. The molecule has 0 aliphatic rings. The van der Waals surface area contributed by atoms with E-state index in [1.165, 1.54) is 48.0 Å². The molecular weight excluding hydrogens is 704 g/mol. The zero-order chi connectivity index (χ0) is 39.4. The Kier molecular flexibility index (Phi) is 10.6. The molecule has 4 heterocycles. The van der Waals surface area contributed by atoms with Crippen molar-refractivity contribution in [3.8, 4) is 11.5 Å². The van der Waals surface area contributed by atoms with E-state index >= 15 is 0 Å². The van der Waals surface area contributed by atoms with Crippen LogP contribution in [0.15, 0.2) is 105 Å². The molecule has 54 heavy (non-hydrogen) atoms. The van der Waals surface area contributed by atoms with Gasteiger partial charge in [-0.25, -0.2) is 29.1 Å². The first kappa shape index (κ1) is 37.5. The maximum Gasteiger partial charge on any atom is 0.339 e. The van der Waals surface area contributed by atoms with Crippen LogP contribution in [-0.2, 0) is 28.2 Å². The van der Waals surface area contributed by atoms with Gasteiger partial charge in [0, 0.05) is 39.0 Å². The van der Waals surface area contributed by atoms with Crippen LogP contribution in [0.3, 0.4) is 0 Å². The van der Waals surface area contributed by atoms with Crippen LogP contribution in [0.5, 0.6) is 11.5 Å². The Morgan fingerprint density at radius 1 is 0.537 bits per heavy atom. The minimum atomic E-state index is -1.12. The van der Waals surface area contributed by atoms with Crippen LogP contribution in [0.2, 0.25) is 0 Å². The fourth-order valence-corrected chi connectivity index (χ4v) is 5.39. The predicted octanol–water partition coefficient (Wildman–Crippen LogP) is 2.41. The van der Waals surface area contributed by atoms with Gasteiger partial charge in [0.25, 0.3) is 11.1 Å². The van der Waals surface area contributed by atoms with Gasteiger partial charge in [0.15, 0.2) is 11.3 Å². The minimum Gasteiger partial charge on any atom is -0.506 e. The van der Waals surface area contributed by atoms with Crippen LogP contribution >= 0.6 is 0 Å². The number of nitrogens with one attached hydrogen (secondary N) is 2. The van der Waals surface area contributed by atoms with E-state index < -0.39 is 11.9 Å². The molecule has 0 aliphatic carbocycles. The normalized spacial score (nSPS) is 10.6. The molecule has 0 fully saturated rings. The number of aromatic hydroxyl groups is 2. The van der Waals surface area contributed by atoms with Crippen molar-refractivity contribution < 1.29 is 30.0 Å². The highest BCUT2D eigenvalue weighted by Gasteiger charge is 2.13. The Morgan fingerprint density at radius 2 is 0.889 bits per heavy atom. The number of fused-ring (bicyclic) bond motifs is 4. The molecular formula is C36H32N8O10. The summed E-state index contributed by atoms with van der Waals surface area (Å²) in [7, 11) is 6.02. The third-order valence-electron chi connectivity index (χ3n) is 8.32. The van der Waals surface area contributed by atoms with Crippen LogP contribution in [-0.4, -0.2) is 70.6 Å². The number of phenols is 2. The van der Waals surface area contributed by atoms with Crippen LogP contribution in [0, 0.1) is 0 Å². The Balaban J connectivity index is 0.000000139.